The van der Waals surface area contributed by atoms with E-state index in [9.17, 15) is 8.42 Å². The van der Waals surface area contributed by atoms with Gasteiger partial charge in [-0.3, -0.25) is 5.84 Å². The van der Waals surface area contributed by atoms with Crippen LogP contribution in [-0.4, -0.2) is 25.8 Å². The Balaban J connectivity index is 2.32. The molecular weight excluding hydrogens is 250 g/mol. The van der Waals surface area contributed by atoms with Crippen LogP contribution >= 0.6 is 0 Å². The summed E-state index contributed by atoms with van der Waals surface area (Å²) in [5, 5.41) is 0. The van der Waals surface area contributed by atoms with Crippen molar-refractivity contribution in [3.63, 3.8) is 0 Å². The van der Waals surface area contributed by atoms with Gasteiger partial charge in [0, 0.05) is 13.1 Å². The van der Waals surface area contributed by atoms with Crippen molar-refractivity contribution in [2.24, 2.45) is 11.8 Å². The minimum atomic E-state index is -3.46. The SMILES string of the molecule is CCN(CC1CC1)S(=O)(=O)c1ccccc1NN. The van der Waals surface area contributed by atoms with E-state index in [4.69, 9.17) is 5.84 Å². The van der Waals surface area contributed by atoms with Crippen LogP contribution in [0.2, 0.25) is 0 Å². The first-order chi connectivity index (χ1) is 8.59. The second kappa shape index (κ2) is 5.26. The van der Waals surface area contributed by atoms with Crippen molar-refractivity contribution in [3.8, 4) is 0 Å². The zero-order valence-electron chi connectivity index (χ0n) is 10.5. The minimum Gasteiger partial charge on any atom is -0.323 e. The average Bonchev–Trinajstić information content (AvgIpc) is 3.19. The third-order valence-electron chi connectivity index (χ3n) is 3.17. The van der Waals surface area contributed by atoms with Gasteiger partial charge in [0.15, 0.2) is 0 Å². The molecule has 0 bridgehead atoms. The molecule has 18 heavy (non-hydrogen) atoms. The Bertz CT molecular complexity index is 512. The Morgan fingerprint density at radius 1 is 1.39 bits per heavy atom. The lowest BCUT2D eigenvalue weighted by molar-refractivity contribution is 0.412. The highest BCUT2D eigenvalue weighted by Gasteiger charge is 2.31. The normalized spacial score (nSPS) is 15.9. The molecule has 2 rings (SSSR count). The molecule has 100 valence electrons. The van der Waals surface area contributed by atoms with Crippen molar-refractivity contribution in [1.82, 2.24) is 4.31 Å². The molecule has 0 spiro atoms. The molecule has 1 aromatic rings. The Morgan fingerprint density at radius 2 is 2.06 bits per heavy atom. The lowest BCUT2D eigenvalue weighted by Gasteiger charge is -2.21. The molecule has 0 aromatic heterocycles. The molecule has 0 saturated heterocycles. The fourth-order valence-electron chi connectivity index (χ4n) is 1.94. The molecule has 0 heterocycles. The highest BCUT2D eigenvalue weighted by atomic mass is 32.2. The van der Waals surface area contributed by atoms with Crippen molar-refractivity contribution in [3.05, 3.63) is 24.3 Å². The first-order valence-electron chi connectivity index (χ1n) is 6.15. The van der Waals surface area contributed by atoms with Crippen molar-refractivity contribution < 1.29 is 8.42 Å². The van der Waals surface area contributed by atoms with Crippen molar-refractivity contribution in [1.29, 1.82) is 0 Å². The summed E-state index contributed by atoms with van der Waals surface area (Å²) in [6.07, 6.45) is 2.26. The van der Waals surface area contributed by atoms with Gasteiger partial charge in [0.2, 0.25) is 10.0 Å². The first kappa shape index (κ1) is 13.3. The van der Waals surface area contributed by atoms with Crippen LogP contribution in [0.1, 0.15) is 19.8 Å². The smallest absolute Gasteiger partial charge is 0.245 e. The number of para-hydroxylation sites is 1. The average molecular weight is 269 g/mol. The Kier molecular flexibility index (Phi) is 3.89. The third-order valence-corrected chi connectivity index (χ3v) is 5.17. The number of nitrogens with one attached hydrogen (secondary N) is 1. The molecule has 1 fully saturated rings. The number of rotatable bonds is 6. The van der Waals surface area contributed by atoms with E-state index in [2.05, 4.69) is 5.43 Å². The highest BCUT2D eigenvalue weighted by Crippen LogP contribution is 2.32. The number of anilines is 1. The molecule has 0 radical (unpaired) electrons. The number of hydrazine groups is 1. The van der Waals surface area contributed by atoms with Gasteiger partial charge in [-0.2, -0.15) is 4.31 Å². The van der Waals surface area contributed by atoms with E-state index in [1.807, 2.05) is 6.92 Å². The van der Waals surface area contributed by atoms with Gasteiger partial charge in [-0.1, -0.05) is 19.1 Å². The van der Waals surface area contributed by atoms with Gasteiger partial charge in [0.05, 0.1) is 5.69 Å². The van der Waals surface area contributed by atoms with Gasteiger partial charge in [0.1, 0.15) is 4.90 Å². The molecule has 5 nitrogen and oxygen atoms in total. The quantitative estimate of drug-likeness (QED) is 0.604. The van der Waals surface area contributed by atoms with Gasteiger partial charge >= 0.3 is 0 Å². The minimum absolute atomic E-state index is 0.245. The number of nitrogens with zero attached hydrogens (tertiary/aromatic N) is 1. The van der Waals surface area contributed by atoms with Crippen molar-refractivity contribution >= 4 is 15.7 Å². The fourth-order valence-corrected chi connectivity index (χ4v) is 3.62. The second-order valence-electron chi connectivity index (χ2n) is 4.54. The molecule has 1 aliphatic carbocycles. The van der Waals surface area contributed by atoms with E-state index in [1.54, 1.807) is 24.3 Å². The largest absolute Gasteiger partial charge is 0.323 e. The molecule has 1 aliphatic rings. The monoisotopic (exact) mass is 269 g/mol. The van der Waals surface area contributed by atoms with E-state index in [0.717, 1.165) is 12.8 Å². The molecule has 0 unspecified atom stereocenters. The summed E-state index contributed by atoms with van der Waals surface area (Å²) in [5.41, 5.74) is 2.88. The van der Waals surface area contributed by atoms with Gasteiger partial charge in [-0.05, 0) is 30.9 Å². The maximum Gasteiger partial charge on any atom is 0.245 e. The van der Waals surface area contributed by atoms with E-state index in [1.165, 1.54) is 4.31 Å². The molecule has 0 atom stereocenters. The predicted molar refractivity (Wildman–Crippen MR) is 71.4 cm³/mol. The van der Waals surface area contributed by atoms with E-state index in [-0.39, 0.29) is 4.90 Å². The number of sulfonamides is 1. The number of benzene rings is 1. The molecule has 0 aliphatic heterocycles. The zero-order chi connectivity index (χ0) is 13.2. The van der Waals surface area contributed by atoms with Crippen LogP contribution in [0, 0.1) is 5.92 Å². The standard InChI is InChI=1S/C12H19N3O2S/c1-2-15(9-10-7-8-10)18(16,17)12-6-4-3-5-11(12)14-13/h3-6,10,14H,2,7-9,13H2,1H3. The molecular formula is C12H19N3O2S. The van der Waals surface area contributed by atoms with Crippen LogP contribution in [0.3, 0.4) is 0 Å². The maximum absolute atomic E-state index is 12.5. The van der Waals surface area contributed by atoms with Gasteiger partial charge in [-0.15, -0.1) is 0 Å². The van der Waals surface area contributed by atoms with Crippen LogP contribution in [-0.2, 0) is 10.0 Å². The number of nitrogen functional groups attached to an aromatic ring is 1. The predicted octanol–water partition coefficient (Wildman–Crippen LogP) is 1.39. The summed E-state index contributed by atoms with van der Waals surface area (Å²) >= 11 is 0. The number of hydrogen-bond acceptors (Lipinski definition) is 4. The molecule has 6 heteroatoms. The van der Waals surface area contributed by atoms with Gasteiger partial charge in [0.25, 0.3) is 0 Å². The van der Waals surface area contributed by atoms with Gasteiger partial charge in [-0.25, -0.2) is 8.42 Å². The van der Waals surface area contributed by atoms with Crippen LogP contribution in [0.5, 0.6) is 0 Å². The lowest BCUT2D eigenvalue weighted by Crippen LogP contribution is -2.33. The van der Waals surface area contributed by atoms with Crippen LogP contribution in [0.25, 0.3) is 0 Å². The second-order valence-corrected chi connectivity index (χ2v) is 6.45. The molecule has 1 saturated carbocycles. The summed E-state index contributed by atoms with van der Waals surface area (Å²) in [6, 6.07) is 6.71. The van der Waals surface area contributed by atoms with Crippen LogP contribution < -0.4 is 11.3 Å². The molecule has 1 aromatic carbocycles. The van der Waals surface area contributed by atoms with E-state index in [0.29, 0.717) is 24.7 Å². The topological polar surface area (TPSA) is 75.4 Å². The van der Waals surface area contributed by atoms with Crippen molar-refractivity contribution in [2.45, 2.75) is 24.7 Å². The Hall–Kier alpha value is -1.11. The maximum atomic E-state index is 12.5. The lowest BCUT2D eigenvalue weighted by atomic mass is 10.3. The summed E-state index contributed by atoms with van der Waals surface area (Å²) < 4.78 is 26.6. The summed E-state index contributed by atoms with van der Waals surface area (Å²) in [6.45, 7) is 2.95. The van der Waals surface area contributed by atoms with Crippen molar-refractivity contribution in [2.75, 3.05) is 18.5 Å². The third kappa shape index (κ3) is 2.66. The van der Waals surface area contributed by atoms with Crippen LogP contribution in [0.15, 0.2) is 29.2 Å². The first-order valence-corrected chi connectivity index (χ1v) is 7.59. The van der Waals surface area contributed by atoms with E-state index < -0.39 is 10.0 Å². The number of nitrogens with two attached hydrogens (primary N) is 1. The molecule has 3 N–H and O–H groups in total. The fraction of sp³-hybridized carbons (Fsp3) is 0.500. The number of hydrogen-bond donors (Lipinski definition) is 2. The Morgan fingerprint density at radius 3 is 2.61 bits per heavy atom. The summed E-state index contributed by atoms with van der Waals surface area (Å²) in [7, 11) is -3.46. The highest BCUT2D eigenvalue weighted by molar-refractivity contribution is 7.89. The summed E-state index contributed by atoms with van der Waals surface area (Å²) in [4.78, 5) is 0.245. The Labute approximate surface area is 108 Å². The zero-order valence-corrected chi connectivity index (χ0v) is 11.3. The van der Waals surface area contributed by atoms with E-state index >= 15 is 0 Å². The van der Waals surface area contributed by atoms with Crippen LogP contribution in [0.4, 0.5) is 5.69 Å². The van der Waals surface area contributed by atoms with Gasteiger partial charge < -0.3 is 5.43 Å². The molecule has 0 amide bonds. The summed E-state index contributed by atoms with van der Waals surface area (Å²) in [5.74, 6) is 5.90.